The molecule has 1 aliphatic heterocycles. The van der Waals surface area contributed by atoms with Gasteiger partial charge in [0.1, 0.15) is 0 Å². The van der Waals surface area contributed by atoms with Gasteiger partial charge in [0.25, 0.3) is 11.1 Å². The maximum absolute atomic E-state index is 12.6. The number of rotatable bonds is 7. The molecule has 2 aromatic carbocycles. The quantitative estimate of drug-likeness (QED) is 0.382. The molecule has 0 saturated carbocycles. The van der Waals surface area contributed by atoms with Crippen LogP contribution in [0.25, 0.3) is 22.5 Å². The van der Waals surface area contributed by atoms with Gasteiger partial charge in [-0.2, -0.15) is 9.40 Å². The molecule has 0 unspecified atom stereocenters. The van der Waals surface area contributed by atoms with Crippen molar-refractivity contribution in [2.24, 2.45) is 0 Å². The third-order valence-corrected chi connectivity index (χ3v) is 7.98. The summed E-state index contributed by atoms with van der Waals surface area (Å²) in [5.41, 5.74) is 1.92. The van der Waals surface area contributed by atoms with Gasteiger partial charge in [0, 0.05) is 24.2 Å². The fraction of sp³-hybridized carbons (Fsp3) is 0.238. The van der Waals surface area contributed by atoms with Crippen molar-refractivity contribution in [2.45, 2.75) is 23.0 Å². The molecular formula is C21H20N6O4S2. The van der Waals surface area contributed by atoms with Crippen LogP contribution in [0.1, 0.15) is 12.8 Å². The van der Waals surface area contributed by atoms with Gasteiger partial charge in [0.15, 0.2) is 5.69 Å². The van der Waals surface area contributed by atoms with Gasteiger partial charge in [-0.05, 0) is 43.2 Å². The van der Waals surface area contributed by atoms with Gasteiger partial charge in [-0.1, -0.05) is 30.0 Å². The van der Waals surface area contributed by atoms with Crippen molar-refractivity contribution in [3.63, 3.8) is 0 Å². The molecule has 1 saturated heterocycles. The minimum Gasteiger partial charge on any atom is -0.409 e. The Morgan fingerprint density at radius 1 is 1.09 bits per heavy atom. The smallest absolute Gasteiger partial charge is 0.277 e. The highest BCUT2D eigenvalue weighted by molar-refractivity contribution is 7.99. The van der Waals surface area contributed by atoms with E-state index in [0.29, 0.717) is 24.5 Å². The summed E-state index contributed by atoms with van der Waals surface area (Å²) < 4.78 is 32.3. The third kappa shape index (κ3) is 4.49. The first-order chi connectivity index (χ1) is 16.0. The molecule has 0 aliphatic carbocycles. The molecule has 0 radical (unpaired) electrons. The number of hydrogen-bond acceptors (Lipinski definition) is 8. The maximum Gasteiger partial charge on any atom is 0.277 e. The van der Waals surface area contributed by atoms with E-state index >= 15 is 0 Å². The molecule has 0 bridgehead atoms. The average Bonchev–Trinajstić information content (AvgIpc) is 3.59. The van der Waals surface area contributed by atoms with Crippen molar-refractivity contribution in [1.29, 1.82) is 0 Å². The number of amides is 1. The number of sulfonamides is 1. The summed E-state index contributed by atoms with van der Waals surface area (Å²) in [7, 11) is -3.48. The van der Waals surface area contributed by atoms with Gasteiger partial charge in [-0.3, -0.25) is 9.89 Å². The zero-order chi connectivity index (χ0) is 22.8. The second kappa shape index (κ2) is 8.96. The van der Waals surface area contributed by atoms with Gasteiger partial charge in [-0.15, -0.1) is 10.2 Å². The first-order valence-electron chi connectivity index (χ1n) is 10.3. The number of carbonyl (C=O) groups excluding carboxylic acids is 1. The molecule has 1 fully saturated rings. The molecule has 33 heavy (non-hydrogen) atoms. The zero-order valence-electron chi connectivity index (χ0n) is 17.4. The molecule has 3 heterocycles. The Morgan fingerprint density at radius 2 is 1.85 bits per heavy atom. The topological polar surface area (TPSA) is 134 Å². The predicted octanol–water partition coefficient (Wildman–Crippen LogP) is 3.13. The van der Waals surface area contributed by atoms with E-state index in [0.717, 1.165) is 35.5 Å². The molecule has 170 valence electrons. The van der Waals surface area contributed by atoms with Crippen LogP contribution in [0.3, 0.4) is 0 Å². The number of fused-ring (bicyclic) bond motifs is 1. The number of aromatic amines is 1. The van der Waals surface area contributed by atoms with E-state index in [-0.39, 0.29) is 27.7 Å². The summed E-state index contributed by atoms with van der Waals surface area (Å²) >= 11 is 1.10. The van der Waals surface area contributed by atoms with E-state index in [2.05, 4.69) is 25.7 Å². The molecule has 1 amide bonds. The van der Waals surface area contributed by atoms with Crippen LogP contribution in [0.4, 0.5) is 5.69 Å². The second-order valence-electron chi connectivity index (χ2n) is 7.46. The van der Waals surface area contributed by atoms with Gasteiger partial charge in [-0.25, -0.2) is 8.42 Å². The van der Waals surface area contributed by atoms with E-state index in [1.807, 2.05) is 24.3 Å². The number of thioether (sulfide) groups is 1. The minimum absolute atomic E-state index is 0.0524. The summed E-state index contributed by atoms with van der Waals surface area (Å²) in [6, 6.07) is 13.8. The lowest BCUT2D eigenvalue weighted by molar-refractivity contribution is -0.113. The summed E-state index contributed by atoms with van der Waals surface area (Å²) in [5.74, 6) is 0.0434. The van der Waals surface area contributed by atoms with Crippen molar-refractivity contribution < 1.29 is 17.6 Å². The Morgan fingerprint density at radius 3 is 2.64 bits per heavy atom. The monoisotopic (exact) mass is 484 g/mol. The van der Waals surface area contributed by atoms with E-state index in [1.165, 1.54) is 16.4 Å². The van der Waals surface area contributed by atoms with Gasteiger partial charge >= 0.3 is 0 Å². The lowest BCUT2D eigenvalue weighted by atomic mass is 10.2. The van der Waals surface area contributed by atoms with E-state index in [1.54, 1.807) is 12.1 Å². The Labute approximate surface area is 193 Å². The lowest BCUT2D eigenvalue weighted by Crippen LogP contribution is -2.27. The molecule has 5 rings (SSSR count). The first-order valence-corrected chi connectivity index (χ1v) is 12.7. The number of H-pyrrole nitrogens is 1. The van der Waals surface area contributed by atoms with Gasteiger partial charge in [0.05, 0.1) is 16.2 Å². The highest BCUT2D eigenvalue weighted by Crippen LogP contribution is 2.27. The number of para-hydroxylation sites is 1. The van der Waals surface area contributed by atoms with Crippen LogP contribution in [-0.4, -0.2) is 57.9 Å². The molecule has 0 spiro atoms. The van der Waals surface area contributed by atoms with Crippen LogP contribution in [-0.2, 0) is 14.8 Å². The van der Waals surface area contributed by atoms with Crippen LogP contribution >= 0.6 is 11.8 Å². The third-order valence-electron chi connectivity index (χ3n) is 5.25. The number of carbonyl (C=O) groups is 1. The zero-order valence-corrected chi connectivity index (χ0v) is 19.0. The number of nitrogens with one attached hydrogen (secondary N) is 2. The Bertz CT molecular complexity index is 1390. The first kappa shape index (κ1) is 21.6. The molecule has 4 aromatic rings. The fourth-order valence-electron chi connectivity index (χ4n) is 3.60. The SMILES string of the molecule is O=C(CSc1nnc(-c2n[nH]c3ccccc23)o1)Nc1ccc(S(=O)(=O)N2CCCC2)cc1. The van der Waals surface area contributed by atoms with Crippen LogP contribution in [0.2, 0.25) is 0 Å². The van der Waals surface area contributed by atoms with Crippen molar-refractivity contribution in [2.75, 3.05) is 24.2 Å². The molecule has 12 heteroatoms. The Hall–Kier alpha value is -3.22. The highest BCUT2D eigenvalue weighted by Gasteiger charge is 2.27. The summed E-state index contributed by atoms with van der Waals surface area (Å²) in [6.07, 6.45) is 1.76. The van der Waals surface area contributed by atoms with Gasteiger partial charge in [0.2, 0.25) is 15.9 Å². The van der Waals surface area contributed by atoms with E-state index < -0.39 is 10.0 Å². The van der Waals surface area contributed by atoms with E-state index in [4.69, 9.17) is 4.42 Å². The predicted molar refractivity (Wildman–Crippen MR) is 123 cm³/mol. The number of benzene rings is 2. The van der Waals surface area contributed by atoms with E-state index in [9.17, 15) is 13.2 Å². The number of hydrogen-bond donors (Lipinski definition) is 2. The number of anilines is 1. The van der Waals surface area contributed by atoms with Crippen molar-refractivity contribution in [1.82, 2.24) is 24.7 Å². The molecule has 2 N–H and O–H groups in total. The Balaban J connectivity index is 1.18. The summed E-state index contributed by atoms with van der Waals surface area (Å²) in [5, 5.41) is 19.0. The molecule has 0 atom stereocenters. The van der Waals surface area contributed by atoms with Crippen molar-refractivity contribution >= 4 is 44.3 Å². The number of nitrogens with zero attached hydrogens (tertiary/aromatic N) is 4. The van der Waals surface area contributed by atoms with Crippen LogP contribution < -0.4 is 5.32 Å². The molecular weight excluding hydrogens is 464 g/mol. The van der Waals surface area contributed by atoms with Crippen molar-refractivity contribution in [3.05, 3.63) is 48.5 Å². The normalized spacial score (nSPS) is 14.7. The minimum atomic E-state index is -3.48. The largest absolute Gasteiger partial charge is 0.409 e. The second-order valence-corrected chi connectivity index (χ2v) is 10.3. The summed E-state index contributed by atoms with van der Waals surface area (Å²) in [4.78, 5) is 12.5. The molecule has 1 aliphatic rings. The standard InChI is InChI=1S/C21H20N6O4S2/c28-18(22-14-7-9-15(10-8-14)33(29,30)27-11-3-4-12-27)13-32-21-26-25-20(31-21)19-16-5-1-2-6-17(16)23-24-19/h1-2,5-10H,3-4,11-13H2,(H,22,28)(H,23,24). The fourth-order valence-corrected chi connectivity index (χ4v) is 5.68. The lowest BCUT2D eigenvalue weighted by Gasteiger charge is -2.15. The van der Waals surface area contributed by atoms with Crippen LogP contribution in [0.5, 0.6) is 0 Å². The van der Waals surface area contributed by atoms with Crippen molar-refractivity contribution in [3.8, 4) is 11.6 Å². The van der Waals surface area contributed by atoms with Crippen LogP contribution in [0, 0.1) is 0 Å². The molecule has 10 nitrogen and oxygen atoms in total. The van der Waals surface area contributed by atoms with Gasteiger partial charge < -0.3 is 9.73 Å². The van der Waals surface area contributed by atoms with Crippen LogP contribution in [0.15, 0.2) is 63.1 Å². The maximum atomic E-state index is 12.6. The summed E-state index contributed by atoms with van der Waals surface area (Å²) in [6.45, 7) is 1.09. The highest BCUT2D eigenvalue weighted by atomic mass is 32.2. The Kier molecular flexibility index (Phi) is 5.87. The molecule has 2 aromatic heterocycles. The number of aromatic nitrogens is 4. The average molecular weight is 485 g/mol.